The number of halogens is 2. The molecule has 0 aliphatic heterocycles. The minimum atomic E-state index is -0.371. The molecule has 2 aromatic rings. The van der Waals surface area contributed by atoms with Crippen LogP contribution in [0.3, 0.4) is 0 Å². The zero-order valence-corrected chi connectivity index (χ0v) is 8.08. The van der Waals surface area contributed by atoms with E-state index >= 15 is 0 Å². The van der Waals surface area contributed by atoms with Crippen LogP contribution in [0.5, 0.6) is 0 Å². The van der Waals surface area contributed by atoms with Crippen molar-refractivity contribution in [1.29, 1.82) is 0 Å². The van der Waals surface area contributed by atoms with E-state index < -0.39 is 0 Å². The van der Waals surface area contributed by atoms with E-state index in [4.69, 9.17) is 11.6 Å². The van der Waals surface area contributed by atoms with Gasteiger partial charge in [0.15, 0.2) is 0 Å². The van der Waals surface area contributed by atoms with Gasteiger partial charge in [-0.05, 0) is 12.1 Å². The van der Waals surface area contributed by atoms with Gasteiger partial charge in [0, 0.05) is 18.0 Å². The SMILES string of the molecule is Fc1c(Cl)cccc1Cn1cccn1. The van der Waals surface area contributed by atoms with Crippen LogP contribution >= 0.6 is 11.6 Å². The highest BCUT2D eigenvalue weighted by Gasteiger charge is 2.06. The predicted molar refractivity (Wildman–Crippen MR) is 52.7 cm³/mol. The Morgan fingerprint density at radius 3 is 2.93 bits per heavy atom. The van der Waals surface area contributed by atoms with Crippen molar-refractivity contribution in [2.45, 2.75) is 6.54 Å². The molecular formula is C10H8ClFN2. The normalized spacial score (nSPS) is 10.4. The molecule has 0 bridgehead atoms. The Labute approximate surface area is 85.9 Å². The molecule has 0 N–H and O–H groups in total. The largest absolute Gasteiger partial charge is 0.268 e. The molecule has 0 radical (unpaired) electrons. The summed E-state index contributed by atoms with van der Waals surface area (Å²) in [6.07, 6.45) is 3.43. The molecule has 0 atom stereocenters. The molecular weight excluding hydrogens is 203 g/mol. The first-order valence-corrected chi connectivity index (χ1v) is 4.55. The molecule has 0 saturated carbocycles. The number of rotatable bonds is 2. The van der Waals surface area contributed by atoms with Crippen molar-refractivity contribution in [2.75, 3.05) is 0 Å². The second-order valence-corrected chi connectivity index (χ2v) is 3.32. The molecule has 2 rings (SSSR count). The van der Waals surface area contributed by atoms with Gasteiger partial charge in [0.05, 0.1) is 11.6 Å². The van der Waals surface area contributed by atoms with Gasteiger partial charge in [0.2, 0.25) is 0 Å². The maximum absolute atomic E-state index is 13.4. The molecule has 0 aliphatic carbocycles. The standard InChI is InChI=1S/C10H8ClFN2/c11-9-4-1-3-8(10(9)12)7-14-6-2-5-13-14/h1-6H,7H2. The second-order valence-electron chi connectivity index (χ2n) is 2.92. The minimum absolute atomic E-state index is 0.148. The lowest BCUT2D eigenvalue weighted by atomic mass is 10.2. The van der Waals surface area contributed by atoms with Crippen LogP contribution in [0.4, 0.5) is 4.39 Å². The van der Waals surface area contributed by atoms with Crippen molar-refractivity contribution in [3.8, 4) is 0 Å². The second kappa shape index (κ2) is 3.80. The highest BCUT2D eigenvalue weighted by molar-refractivity contribution is 6.30. The lowest BCUT2D eigenvalue weighted by Gasteiger charge is -2.04. The molecule has 1 aromatic carbocycles. The quantitative estimate of drug-likeness (QED) is 0.745. The van der Waals surface area contributed by atoms with Crippen molar-refractivity contribution in [1.82, 2.24) is 9.78 Å². The molecule has 0 aliphatic rings. The predicted octanol–water partition coefficient (Wildman–Crippen LogP) is 2.72. The number of nitrogens with zero attached hydrogens (tertiary/aromatic N) is 2. The van der Waals surface area contributed by atoms with E-state index in [0.717, 1.165) is 0 Å². The van der Waals surface area contributed by atoms with E-state index in [2.05, 4.69) is 5.10 Å². The summed E-state index contributed by atoms with van der Waals surface area (Å²) in [5, 5.41) is 4.14. The van der Waals surface area contributed by atoms with Gasteiger partial charge in [-0.15, -0.1) is 0 Å². The molecule has 1 heterocycles. The number of benzene rings is 1. The smallest absolute Gasteiger partial charge is 0.146 e. The van der Waals surface area contributed by atoms with E-state index in [-0.39, 0.29) is 10.8 Å². The molecule has 0 fully saturated rings. The van der Waals surface area contributed by atoms with Crippen LogP contribution in [-0.2, 0) is 6.54 Å². The molecule has 0 amide bonds. The monoisotopic (exact) mass is 210 g/mol. The van der Waals surface area contributed by atoms with Gasteiger partial charge in [0.1, 0.15) is 5.82 Å². The van der Waals surface area contributed by atoms with Crippen molar-refractivity contribution < 1.29 is 4.39 Å². The van der Waals surface area contributed by atoms with E-state index in [1.165, 1.54) is 6.07 Å². The van der Waals surface area contributed by atoms with Crippen LogP contribution in [0, 0.1) is 5.82 Å². The summed E-state index contributed by atoms with van der Waals surface area (Å²) < 4.78 is 15.1. The van der Waals surface area contributed by atoms with Crippen LogP contribution in [0.15, 0.2) is 36.7 Å². The maximum atomic E-state index is 13.4. The van der Waals surface area contributed by atoms with Gasteiger partial charge in [-0.3, -0.25) is 4.68 Å². The Balaban J connectivity index is 2.29. The topological polar surface area (TPSA) is 17.8 Å². The third-order valence-corrected chi connectivity index (χ3v) is 2.22. The molecule has 1 aromatic heterocycles. The zero-order valence-electron chi connectivity index (χ0n) is 7.32. The average molecular weight is 211 g/mol. The Kier molecular flexibility index (Phi) is 2.50. The summed E-state index contributed by atoms with van der Waals surface area (Å²) in [5.74, 6) is -0.371. The van der Waals surface area contributed by atoms with Gasteiger partial charge >= 0.3 is 0 Å². The van der Waals surface area contributed by atoms with Crippen LogP contribution < -0.4 is 0 Å². The van der Waals surface area contributed by atoms with E-state index in [1.54, 1.807) is 35.3 Å². The van der Waals surface area contributed by atoms with E-state index in [9.17, 15) is 4.39 Å². The molecule has 2 nitrogen and oxygen atoms in total. The van der Waals surface area contributed by atoms with E-state index in [0.29, 0.717) is 12.1 Å². The first kappa shape index (κ1) is 9.21. The number of hydrogen-bond donors (Lipinski definition) is 0. The number of hydrogen-bond acceptors (Lipinski definition) is 1. The summed E-state index contributed by atoms with van der Waals surface area (Å²) in [4.78, 5) is 0. The summed E-state index contributed by atoms with van der Waals surface area (Å²) >= 11 is 5.65. The summed E-state index contributed by atoms with van der Waals surface area (Å²) in [6.45, 7) is 0.402. The fourth-order valence-electron chi connectivity index (χ4n) is 1.24. The third kappa shape index (κ3) is 1.77. The van der Waals surface area contributed by atoms with E-state index in [1.807, 2.05) is 0 Å². The fourth-order valence-corrected chi connectivity index (χ4v) is 1.43. The Morgan fingerprint density at radius 2 is 2.21 bits per heavy atom. The Morgan fingerprint density at radius 1 is 1.36 bits per heavy atom. The van der Waals surface area contributed by atoms with Crippen LogP contribution in [-0.4, -0.2) is 9.78 Å². The third-order valence-electron chi connectivity index (χ3n) is 1.92. The molecule has 14 heavy (non-hydrogen) atoms. The summed E-state index contributed by atoms with van der Waals surface area (Å²) in [7, 11) is 0. The van der Waals surface area contributed by atoms with Gasteiger partial charge in [-0.2, -0.15) is 5.10 Å². The zero-order chi connectivity index (χ0) is 9.97. The van der Waals surface area contributed by atoms with Crippen LogP contribution in [0.25, 0.3) is 0 Å². The fraction of sp³-hybridized carbons (Fsp3) is 0.100. The van der Waals surface area contributed by atoms with Gasteiger partial charge in [-0.25, -0.2) is 4.39 Å². The minimum Gasteiger partial charge on any atom is -0.268 e. The van der Waals surface area contributed by atoms with Gasteiger partial charge < -0.3 is 0 Å². The van der Waals surface area contributed by atoms with Crippen molar-refractivity contribution in [3.05, 3.63) is 53.1 Å². The van der Waals surface area contributed by atoms with Crippen molar-refractivity contribution in [3.63, 3.8) is 0 Å². The Bertz CT molecular complexity index is 426. The molecule has 0 spiro atoms. The Hall–Kier alpha value is -1.35. The van der Waals surface area contributed by atoms with Crippen molar-refractivity contribution in [2.24, 2.45) is 0 Å². The van der Waals surface area contributed by atoms with Crippen LogP contribution in [0.1, 0.15) is 5.56 Å². The van der Waals surface area contributed by atoms with Gasteiger partial charge in [-0.1, -0.05) is 23.7 Å². The lowest BCUT2D eigenvalue weighted by molar-refractivity contribution is 0.585. The van der Waals surface area contributed by atoms with Crippen molar-refractivity contribution >= 4 is 11.6 Å². The maximum Gasteiger partial charge on any atom is 0.146 e. The molecule has 0 saturated heterocycles. The molecule has 0 unspecified atom stereocenters. The number of aromatic nitrogens is 2. The molecule has 4 heteroatoms. The first-order valence-electron chi connectivity index (χ1n) is 4.17. The van der Waals surface area contributed by atoms with Crippen LogP contribution in [0.2, 0.25) is 5.02 Å². The highest BCUT2D eigenvalue weighted by Crippen LogP contribution is 2.18. The molecule has 72 valence electrons. The average Bonchev–Trinajstić information content (AvgIpc) is 2.66. The van der Waals surface area contributed by atoms with Gasteiger partial charge in [0.25, 0.3) is 0 Å². The summed E-state index contributed by atoms with van der Waals surface area (Å²) in [5.41, 5.74) is 0.543. The lowest BCUT2D eigenvalue weighted by Crippen LogP contribution is -2.02. The first-order chi connectivity index (χ1) is 6.77. The highest BCUT2D eigenvalue weighted by atomic mass is 35.5. The summed E-state index contributed by atoms with van der Waals surface area (Å²) in [6, 6.07) is 6.75.